The van der Waals surface area contributed by atoms with E-state index in [9.17, 15) is 4.79 Å². The molecule has 0 spiro atoms. The average molecular weight is 409 g/mol. The Bertz CT molecular complexity index is 1200. The number of amides is 1. The van der Waals surface area contributed by atoms with Crippen LogP contribution in [-0.2, 0) is 17.6 Å². The highest BCUT2D eigenvalue weighted by molar-refractivity contribution is 5.96. The van der Waals surface area contributed by atoms with Crippen LogP contribution in [0.25, 0.3) is 22.5 Å². The largest absolute Gasteiger partial charge is 0.339 e. The number of aromatic nitrogens is 2. The predicted molar refractivity (Wildman–Crippen MR) is 121 cm³/mol. The molecule has 2 heterocycles. The van der Waals surface area contributed by atoms with Gasteiger partial charge in [-0.05, 0) is 36.1 Å². The molecule has 5 heteroatoms. The van der Waals surface area contributed by atoms with Crippen molar-refractivity contribution in [3.63, 3.8) is 0 Å². The highest BCUT2D eigenvalue weighted by Crippen LogP contribution is 2.32. The minimum atomic E-state index is 0.0874. The Kier molecular flexibility index (Phi) is 5.08. The van der Waals surface area contributed by atoms with Crippen molar-refractivity contribution in [2.24, 2.45) is 0 Å². The van der Waals surface area contributed by atoms with Gasteiger partial charge in [0, 0.05) is 30.1 Å². The van der Waals surface area contributed by atoms with Crippen LogP contribution in [0.4, 0.5) is 5.69 Å². The SMILES string of the molecule is C[C@@H]1Cc2ccccc2N1C(=O)CCc1nc(-c2ccc(-c3ccccc3)cc2)no1. The normalized spacial score (nSPS) is 15.1. The van der Waals surface area contributed by atoms with Gasteiger partial charge in [0.15, 0.2) is 0 Å². The number of nitrogens with zero attached hydrogens (tertiary/aromatic N) is 3. The van der Waals surface area contributed by atoms with Crippen LogP contribution in [0.2, 0.25) is 0 Å². The average Bonchev–Trinajstić information content (AvgIpc) is 3.42. The second-order valence-electron chi connectivity index (χ2n) is 7.90. The van der Waals surface area contributed by atoms with Crippen LogP contribution in [-0.4, -0.2) is 22.1 Å². The molecule has 1 atom stereocenters. The number of anilines is 1. The van der Waals surface area contributed by atoms with Crippen molar-refractivity contribution in [1.82, 2.24) is 10.1 Å². The number of carbonyl (C=O) groups excluding carboxylic acids is 1. The van der Waals surface area contributed by atoms with Crippen LogP contribution < -0.4 is 4.90 Å². The summed E-state index contributed by atoms with van der Waals surface area (Å²) in [6.45, 7) is 2.09. The summed E-state index contributed by atoms with van der Waals surface area (Å²) in [5, 5.41) is 4.10. The molecular formula is C26H23N3O2. The molecule has 1 amide bonds. The summed E-state index contributed by atoms with van der Waals surface area (Å²) in [5.74, 6) is 1.11. The number of fused-ring (bicyclic) bond motifs is 1. The summed E-state index contributed by atoms with van der Waals surface area (Å²) in [6, 6.07) is 26.6. The van der Waals surface area contributed by atoms with Crippen molar-refractivity contribution in [3.8, 4) is 22.5 Å². The zero-order valence-electron chi connectivity index (χ0n) is 17.4. The second kappa shape index (κ2) is 8.19. The maximum Gasteiger partial charge on any atom is 0.227 e. The molecule has 1 aromatic heterocycles. The summed E-state index contributed by atoms with van der Waals surface area (Å²) in [7, 11) is 0. The highest BCUT2D eigenvalue weighted by atomic mass is 16.5. The number of aryl methyl sites for hydroxylation is 1. The molecule has 1 aliphatic heterocycles. The quantitative estimate of drug-likeness (QED) is 0.448. The van der Waals surface area contributed by atoms with E-state index in [0.717, 1.165) is 23.2 Å². The van der Waals surface area contributed by atoms with Gasteiger partial charge in [0.25, 0.3) is 0 Å². The first-order chi connectivity index (χ1) is 15.2. The van der Waals surface area contributed by atoms with E-state index in [4.69, 9.17) is 4.52 Å². The molecule has 0 unspecified atom stereocenters. The van der Waals surface area contributed by atoms with Crippen LogP contribution in [0.5, 0.6) is 0 Å². The molecule has 154 valence electrons. The van der Waals surface area contributed by atoms with Crippen molar-refractivity contribution < 1.29 is 9.32 Å². The lowest BCUT2D eigenvalue weighted by atomic mass is 10.0. The standard InChI is InChI=1S/C26H23N3O2/c1-18-17-22-9-5-6-10-23(22)29(18)25(30)16-15-24-27-26(28-31-24)21-13-11-20(12-14-21)19-7-3-2-4-8-19/h2-14,18H,15-17H2,1H3/t18-/m1/s1. The molecule has 3 aromatic carbocycles. The molecule has 0 saturated heterocycles. The molecule has 0 radical (unpaired) electrons. The molecule has 0 aliphatic carbocycles. The second-order valence-corrected chi connectivity index (χ2v) is 7.90. The van der Waals surface area contributed by atoms with Crippen LogP contribution in [0.15, 0.2) is 83.4 Å². The monoisotopic (exact) mass is 409 g/mol. The van der Waals surface area contributed by atoms with Gasteiger partial charge in [-0.15, -0.1) is 0 Å². The minimum absolute atomic E-state index is 0.0874. The van der Waals surface area contributed by atoms with E-state index in [0.29, 0.717) is 24.6 Å². The summed E-state index contributed by atoms with van der Waals surface area (Å²) in [6.07, 6.45) is 1.66. The van der Waals surface area contributed by atoms with Gasteiger partial charge in [-0.1, -0.05) is 78.0 Å². The van der Waals surface area contributed by atoms with E-state index in [2.05, 4.69) is 47.4 Å². The Morgan fingerprint density at radius 1 is 0.935 bits per heavy atom. The Morgan fingerprint density at radius 3 is 2.42 bits per heavy atom. The van der Waals surface area contributed by atoms with Gasteiger partial charge in [-0.25, -0.2) is 0 Å². The van der Waals surface area contributed by atoms with E-state index in [-0.39, 0.29) is 11.9 Å². The topological polar surface area (TPSA) is 59.2 Å². The first-order valence-corrected chi connectivity index (χ1v) is 10.6. The zero-order valence-corrected chi connectivity index (χ0v) is 17.4. The van der Waals surface area contributed by atoms with Crippen LogP contribution in [0.1, 0.15) is 24.8 Å². The lowest BCUT2D eigenvalue weighted by Gasteiger charge is -2.22. The fourth-order valence-electron chi connectivity index (χ4n) is 4.20. The molecule has 0 saturated carbocycles. The number of hydrogen-bond acceptors (Lipinski definition) is 4. The third-order valence-electron chi connectivity index (χ3n) is 5.75. The number of carbonyl (C=O) groups is 1. The third kappa shape index (κ3) is 3.87. The van der Waals surface area contributed by atoms with Crippen LogP contribution >= 0.6 is 0 Å². The number of hydrogen-bond donors (Lipinski definition) is 0. The molecule has 5 nitrogen and oxygen atoms in total. The maximum atomic E-state index is 12.9. The summed E-state index contributed by atoms with van der Waals surface area (Å²) < 4.78 is 5.41. The van der Waals surface area contributed by atoms with Crippen molar-refractivity contribution in [2.75, 3.05) is 4.90 Å². The molecular weight excluding hydrogens is 386 g/mol. The maximum absolute atomic E-state index is 12.9. The van der Waals surface area contributed by atoms with Crippen molar-refractivity contribution in [3.05, 3.63) is 90.3 Å². The van der Waals surface area contributed by atoms with Gasteiger partial charge < -0.3 is 9.42 Å². The van der Waals surface area contributed by atoms with Crippen molar-refractivity contribution in [2.45, 2.75) is 32.2 Å². The third-order valence-corrected chi connectivity index (χ3v) is 5.75. The Balaban J connectivity index is 1.25. The first kappa shape index (κ1) is 19.2. The van der Waals surface area contributed by atoms with E-state index < -0.39 is 0 Å². The predicted octanol–water partition coefficient (Wildman–Crippen LogP) is 5.31. The molecule has 0 N–H and O–H groups in total. The van der Waals surface area contributed by atoms with Gasteiger partial charge in [0.2, 0.25) is 17.6 Å². The van der Waals surface area contributed by atoms with E-state index in [1.54, 1.807) is 0 Å². The molecule has 1 aliphatic rings. The number of rotatable bonds is 5. The first-order valence-electron chi connectivity index (χ1n) is 10.6. The molecule has 0 bridgehead atoms. The van der Waals surface area contributed by atoms with Crippen LogP contribution in [0, 0.1) is 0 Å². The lowest BCUT2D eigenvalue weighted by Crippen LogP contribution is -2.35. The van der Waals surface area contributed by atoms with Gasteiger partial charge in [0.1, 0.15) is 0 Å². The van der Waals surface area contributed by atoms with Gasteiger partial charge in [-0.3, -0.25) is 4.79 Å². The Morgan fingerprint density at radius 2 is 1.61 bits per heavy atom. The Hall–Kier alpha value is -3.73. The van der Waals surface area contributed by atoms with Gasteiger partial charge in [-0.2, -0.15) is 4.98 Å². The van der Waals surface area contributed by atoms with Crippen LogP contribution in [0.3, 0.4) is 0 Å². The summed E-state index contributed by atoms with van der Waals surface area (Å²) >= 11 is 0. The molecule has 4 aromatic rings. The summed E-state index contributed by atoms with van der Waals surface area (Å²) in [5.41, 5.74) is 5.44. The van der Waals surface area contributed by atoms with E-state index in [1.165, 1.54) is 11.1 Å². The molecule has 5 rings (SSSR count). The highest BCUT2D eigenvalue weighted by Gasteiger charge is 2.30. The van der Waals surface area contributed by atoms with Gasteiger partial charge >= 0.3 is 0 Å². The van der Waals surface area contributed by atoms with Crippen molar-refractivity contribution in [1.29, 1.82) is 0 Å². The fraction of sp³-hybridized carbons (Fsp3) is 0.192. The van der Waals surface area contributed by atoms with E-state index >= 15 is 0 Å². The number of benzene rings is 3. The minimum Gasteiger partial charge on any atom is -0.339 e. The number of para-hydroxylation sites is 1. The van der Waals surface area contributed by atoms with Crippen molar-refractivity contribution >= 4 is 11.6 Å². The Labute approximate surface area is 181 Å². The fourth-order valence-corrected chi connectivity index (χ4v) is 4.20. The van der Waals surface area contributed by atoms with Gasteiger partial charge in [0.05, 0.1) is 0 Å². The lowest BCUT2D eigenvalue weighted by molar-refractivity contribution is -0.118. The summed E-state index contributed by atoms with van der Waals surface area (Å²) in [4.78, 5) is 19.3. The molecule has 0 fully saturated rings. The smallest absolute Gasteiger partial charge is 0.227 e. The molecule has 31 heavy (non-hydrogen) atoms. The zero-order chi connectivity index (χ0) is 21.2. The van der Waals surface area contributed by atoms with E-state index in [1.807, 2.05) is 53.4 Å².